The summed E-state index contributed by atoms with van der Waals surface area (Å²) in [5.74, 6) is 0.354. The van der Waals surface area contributed by atoms with Crippen LogP contribution in [0.5, 0.6) is 0 Å². The summed E-state index contributed by atoms with van der Waals surface area (Å²) < 4.78 is 1.48. The molecule has 2 aromatic heterocycles. The minimum Gasteiger partial charge on any atom is -0.375 e. The van der Waals surface area contributed by atoms with Gasteiger partial charge in [-0.05, 0) is 42.5 Å². The van der Waals surface area contributed by atoms with Crippen molar-refractivity contribution in [2.45, 2.75) is 0 Å². The van der Waals surface area contributed by atoms with E-state index in [1.165, 1.54) is 4.57 Å². The first kappa shape index (κ1) is 14.7. The van der Waals surface area contributed by atoms with Gasteiger partial charge in [0, 0.05) is 16.8 Å². The highest BCUT2D eigenvalue weighted by atomic mass is 35.5. The molecule has 0 radical (unpaired) electrons. The van der Waals surface area contributed by atoms with Gasteiger partial charge in [0.15, 0.2) is 16.6 Å². The molecule has 1 aliphatic rings. The number of aromatic nitrogens is 3. The first-order chi connectivity index (χ1) is 11.6. The maximum absolute atomic E-state index is 12.9. The molecule has 0 fully saturated rings. The van der Waals surface area contributed by atoms with Gasteiger partial charge in [-0.3, -0.25) is 14.8 Å². The van der Waals surface area contributed by atoms with Crippen LogP contribution in [0, 0.1) is 0 Å². The van der Waals surface area contributed by atoms with Gasteiger partial charge in [-0.2, -0.15) is 5.10 Å². The Hall–Kier alpha value is -2.84. The fraction of sp³-hybridized carbons (Fsp3) is 0. The molecule has 1 aromatic carbocycles. The molecular weight excluding hydrogens is 348 g/mol. The fourth-order valence-corrected chi connectivity index (χ4v) is 2.85. The van der Waals surface area contributed by atoms with Crippen LogP contribution in [-0.4, -0.2) is 25.4 Å². The number of nitrogens with zero attached hydrogens (tertiary/aromatic N) is 4. The normalized spacial score (nSPS) is 13.8. The molecule has 24 heavy (non-hydrogen) atoms. The van der Waals surface area contributed by atoms with Crippen molar-refractivity contribution in [3.05, 3.63) is 63.3 Å². The van der Waals surface area contributed by atoms with Gasteiger partial charge in [-0.25, -0.2) is 9.97 Å². The summed E-state index contributed by atoms with van der Waals surface area (Å²) in [6, 6.07) is 8.54. The maximum Gasteiger partial charge on any atom is 0.267 e. The van der Waals surface area contributed by atoms with Crippen LogP contribution in [0.3, 0.4) is 0 Å². The van der Waals surface area contributed by atoms with E-state index in [0.717, 1.165) is 0 Å². The van der Waals surface area contributed by atoms with Crippen molar-refractivity contribution in [3.63, 3.8) is 0 Å². The standard InChI is InChI=1S/C15H9ClN6OS/c16-7-3-4-10-9(6-7)11(20-21-15(17)24)13-19-12-8(2-1-5-18-12)14(23)22(10)13/h1-6H,(H3,17,21,24)/b20-11+. The number of nitrogens with one attached hydrogen (secondary N) is 1. The summed E-state index contributed by atoms with van der Waals surface area (Å²) >= 11 is 10.9. The number of thiocarbonyl (C=S) groups is 1. The SMILES string of the molecule is NC(=S)N/N=C1\c2cc(Cl)ccc2-n2c1nc1ncccc1c2=O. The quantitative estimate of drug-likeness (QED) is 0.394. The summed E-state index contributed by atoms with van der Waals surface area (Å²) in [5.41, 5.74) is 9.81. The van der Waals surface area contributed by atoms with Gasteiger partial charge >= 0.3 is 0 Å². The molecule has 0 bridgehead atoms. The smallest absolute Gasteiger partial charge is 0.267 e. The van der Waals surface area contributed by atoms with Crippen LogP contribution in [0.1, 0.15) is 11.4 Å². The van der Waals surface area contributed by atoms with Crippen LogP contribution in [0.15, 0.2) is 46.4 Å². The summed E-state index contributed by atoms with van der Waals surface area (Å²) in [6.45, 7) is 0. The van der Waals surface area contributed by atoms with Crippen molar-refractivity contribution in [2.75, 3.05) is 0 Å². The van der Waals surface area contributed by atoms with Crippen LogP contribution in [0.4, 0.5) is 0 Å². The molecule has 7 nitrogen and oxygen atoms in total. The number of pyridine rings is 1. The first-order valence-electron chi connectivity index (χ1n) is 6.88. The van der Waals surface area contributed by atoms with Crippen LogP contribution in [-0.2, 0) is 0 Å². The molecule has 0 amide bonds. The summed E-state index contributed by atoms with van der Waals surface area (Å²) in [5, 5.41) is 5.13. The highest BCUT2D eigenvalue weighted by molar-refractivity contribution is 7.80. The topological polar surface area (TPSA) is 98.2 Å². The lowest BCUT2D eigenvalue weighted by molar-refractivity contribution is 0.952. The average Bonchev–Trinajstić information content (AvgIpc) is 2.86. The molecule has 3 N–H and O–H groups in total. The van der Waals surface area contributed by atoms with E-state index in [1.807, 2.05) is 0 Å². The third kappa shape index (κ3) is 2.15. The number of rotatable bonds is 1. The number of hydrogen-bond donors (Lipinski definition) is 2. The Morgan fingerprint density at radius 3 is 3.00 bits per heavy atom. The molecule has 0 saturated carbocycles. The van der Waals surface area contributed by atoms with Crippen molar-refractivity contribution in [1.82, 2.24) is 20.0 Å². The van der Waals surface area contributed by atoms with E-state index in [4.69, 9.17) is 29.6 Å². The van der Waals surface area contributed by atoms with Crippen molar-refractivity contribution in [1.29, 1.82) is 0 Å². The van der Waals surface area contributed by atoms with Gasteiger partial charge in [-0.15, -0.1) is 0 Å². The molecule has 0 atom stereocenters. The van der Waals surface area contributed by atoms with Gasteiger partial charge in [0.1, 0.15) is 5.71 Å². The predicted octanol–water partition coefficient (Wildman–Crippen LogP) is 1.33. The van der Waals surface area contributed by atoms with Gasteiger partial charge in [0.25, 0.3) is 5.56 Å². The van der Waals surface area contributed by atoms with Gasteiger partial charge in [-0.1, -0.05) is 11.6 Å². The largest absolute Gasteiger partial charge is 0.375 e. The summed E-state index contributed by atoms with van der Waals surface area (Å²) in [6.07, 6.45) is 1.58. The minimum atomic E-state index is -0.229. The van der Waals surface area contributed by atoms with E-state index < -0.39 is 0 Å². The highest BCUT2D eigenvalue weighted by Crippen LogP contribution is 2.28. The maximum atomic E-state index is 12.9. The Balaban J connectivity index is 2.10. The Morgan fingerprint density at radius 2 is 2.21 bits per heavy atom. The van der Waals surface area contributed by atoms with Gasteiger partial charge in [0.05, 0.1) is 11.1 Å². The lowest BCUT2D eigenvalue weighted by atomic mass is 10.1. The van der Waals surface area contributed by atoms with Crippen LogP contribution in [0.2, 0.25) is 5.02 Å². The molecule has 0 unspecified atom stereocenters. The van der Waals surface area contributed by atoms with E-state index in [1.54, 1.807) is 36.5 Å². The number of halogens is 1. The van der Waals surface area contributed by atoms with Crippen LogP contribution < -0.4 is 16.7 Å². The molecule has 0 saturated heterocycles. The zero-order valence-electron chi connectivity index (χ0n) is 12.0. The lowest BCUT2D eigenvalue weighted by Gasteiger charge is -2.05. The molecule has 3 aromatic rings. The van der Waals surface area contributed by atoms with Crippen molar-refractivity contribution >= 4 is 45.7 Å². The molecule has 9 heteroatoms. The number of hydrazone groups is 1. The number of fused-ring (bicyclic) bond motifs is 4. The zero-order valence-corrected chi connectivity index (χ0v) is 13.6. The molecule has 118 valence electrons. The first-order valence-corrected chi connectivity index (χ1v) is 7.66. The number of nitrogens with two attached hydrogens (primary N) is 1. The summed E-state index contributed by atoms with van der Waals surface area (Å²) in [7, 11) is 0. The average molecular weight is 357 g/mol. The predicted molar refractivity (Wildman–Crippen MR) is 95.7 cm³/mol. The van der Waals surface area contributed by atoms with Crippen molar-refractivity contribution < 1.29 is 0 Å². The van der Waals surface area contributed by atoms with Gasteiger partial charge in [0.2, 0.25) is 0 Å². The monoisotopic (exact) mass is 356 g/mol. The Morgan fingerprint density at radius 1 is 1.38 bits per heavy atom. The third-order valence-electron chi connectivity index (χ3n) is 3.59. The molecule has 0 aliphatic carbocycles. The van der Waals surface area contributed by atoms with E-state index >= 15 is 0 Å². The van der Waals surface area contributed by atoms with Crippen LogP contribution in [0.25, 0.3) is 16.7 Å². The van der Waals surface area contributed by atoms with Crippen molar-refractivity contribution in [2.24, 2.45) is 10.8 Å². The van der Waals surface area contributed by atoms with Gasteiger partial charge < -0.3 is 5.73 Å². The third-order valence-corrected chi connectivity index (χ3v) is 3.91. The Bertz CT molecular complexity index is 1110. The Kier molecular flexibility index (Phi) is 3.29. The number of benzene rings is 1. The molecule has 3 heterocycles. The van der Waals surface area contributed by atoms with E-state index in [0.29, 0.717) is 38.8 Å². The molecule has 1 aliphatic heterocycles. The fourth-order valence-electron chi connectivity index (χ4n) is 2.64. The van der Waals surface area contributed by atoms with Crippen LogP contribution >= 0.6 is 23.8 Å². The minimum absolute atomic E-state index is 0.00536. The second-order valence-corrected chi connectivity index (χ2v) is 5.92. The van der Waals surface area contributed by atoms with E-state index in [9.17, 15) is 4.79 Å². The second-order valence-electron chi connectivity index (χ2n) is 5.05. The number of hydrogen-bond acceptors (Lipinski definition) is 5. The zero-order chi connectivity index (χ0) is 16.8. The van der Waals surface area contributed by atoms with E-state index in [2.05, 4.69) is 20.5 Å². The molecular formula is C15H9ClN6OS. The Labute approximate surface area is 145 Å². The molecule has 4 rings (SSSR count). The van der Waals surface area contributed by atoms with E-state index in [-0.39, 0.29) is 10.7 Å². The van der Waals surface area contributed by atoms with Crippen molar-refractivity contribution in [3.8, 4) is 5.69 Å². The molecule has 0 spiro atoms. The lowest BCUT2D eigenvalue weighted by Crippen LogP contribution is -2.27. The second kappa shape index (κ2) is 5.36. The summed E-state index contributed by atoms with van der Waals surface area (Å²) in [4.78, 5) is 21.5. The highest BCUT2D eigenvalue weighted by Gasteiger charge is 2.29.